The molecule has 2 amide bonds. The third kappa shape index (κ3) is 2.94. The standard InChI is InChI=1S/C16H9Cl3N2O3/c17-8-5-9(18)7-10(6-8)21-15(23)13(19)14(16(21)24)20-11-3-1-2-4-12(11)22/h1-7,20,22H. The van der Waals surface area contributed by atoms with Gasteiger partial charge in [0.2, 0.25) is 0 Å². The second-order valence-electron chi connectivity index (χ2n) is 4.90. The van der Waals surface area contributed by atoms with Gasteiger partial charge in [0.25, 0.3) is 11.8 Å². The molecule has 0 radical (unpaired) electrons. The van der Waals surface area contributed by atoms with E-state index in [9.17, 15) is 14.7 Å². The number of benzene rings is 2. The summed E-state index contributed by atoms with van der Waals surface area (Å²) in [6, 6.07) is 10.6. The molecule has 1 aliphatic heterocycles. The van der Waals surface area contributed by atoms with Gasteiger partial charge < -0.3 is 10.4 Å². The summed E-state index contributed by atoms with van der Waals surface area (Å²) in [6.07, 6.45) is 0. The monoisotopic (exact) mass is 382 g/mol. The van der Waals surface area contributed by atoms with Gasteiger partial charge >= 0.3 is 0 Å². The molecule has 1 aliphatic rings. The van der Waals surface area contributed by atoms with E-state index >= 15 is 0 Å². The van der Waals surface area contributed by atoms with Gasteiger partial charge in [-0.05, 0) is 30.3 Å². The van der Waals surface area contributed by atoms with Gasteiger partial charge in [0, 0.05) is 10.0 Å². The summed E-state index contributed by atoms with van der Waals surface area (Å²) >= 11 is 17.8. The van der Waals surface area contributed by atoms with Crippen LogP contribution in [0.5, 0.6) is 5.75 Å². The van der Waals surface area contributed by atoms with Crippen LogP contribution in [0.2, 0.25) is 10.0 Å². The van der Waals surface area contributed by atoms with Crippen LogP contribution in [0.4, 0.5) is 11.4 Å². The van der Waals surface area contributed by atoms with E-state index < -0.39 is 11.8 Å². The van der Waals surface area contributed by atoms with Crippen molar-refractivity contribution in [1.29, 1.82) is 0 Å². The minimum atomic E-state index is -0.710. The smallest absolute Gasteiger partial charge is 0.283 e. The fraction of sp³-hybridized carbons (Fsp3) is 0. The number of halogens is 3. The molecular formula is C16H9Cl3N2O3. The first kappa shape index (κ1) is 16.6. The molecule has 0 bridgehead atoms. The Hall–Kier alpha value is -2.21. The molecule has 1 heterocycles. The molecule has 2 aromatic carbocycles. The number of nitrogens with zero attached hydrogens (tertiary/aromatic N) is 1. The number of imide groups is 1. The zero-order valence-corrected chi connectivity index (χ0v) is 14.2. The minimum absolute atomic E-state index is 0.0843. The Bertz CT molecular complexity index is 876. The number of phenolic OH excluding ortho intramolecular Hbond substituents is 1. The van der Waals surface area contributed by atoms with E-state index in [1.54, 1.807) is 18.2 Å². The van der Waals surface area contributed by atoms with E-state index in [4.69, 9.17) is 34.8 Å². The molecule has 2 aromatic rings. The SMILES string of the molecule is O=C1C(Cl)=C(Nc2ccccc2O)C(=O)N1c1cc(Cl)cc(Cl)c1. The number of rotatable bonds is 3. The summed E-state index contributed by atoms with van der Waals surface area (Å²) < 4.78 is 0. The highest BCUT2D eigenvalue weighted by Crippen LogP contribution is 2.34. The minimum Gasteiger partial charge on any atom is -0.506 e. The second-order valence-corrected chi connectivity index (χ2v) is 6.16. The van der Waals surface area contributed by atoms with Crippen LogP contribution >= 0.6 is 34.8 Å². The van der Waals surface area contributed by atoms with Crippen molar-refractivity contribution in [2.24, 2.45) is 0 Å². The number of carbonyl (C=O) groups is 2. The molecule has 0 fully saturated rings. The van der Waals surface area contributed by atoms with Crippen LogP contribution < -0.4 is 10.2 Å². The third-order valence-corrected chi connectivity index (χ3v) is 4.08. The van der Waals surface area contributed by atoms with Crippen LogP contribution in [-0.2, 0) is 9.59 Å². The van der Waals surface area contributed by atoms with Gasteiger partial charge in [0.15, 0.2) is 0 Å². The van der Waals surface area contributed by atoms with Gasteiger partial charge in [0.05, 0.1) is 11.4 Å². The predicted octanol–water partition coefficient (Wildman–Crippen LogP) is 4.13. The molecule has 0 saturated heterocycles. The number of para-hydroxylation sites is 2. The molecule has 0 unspecified atom stereocenters. The Labute approximate surface area is 152 Å². The van der Waals surface area contributed by atoms with E-state index in [2.05, 4.69) is 5.32 Å². The van der Waals surface area contributed by atoms with Crippen LogP contribution in [-0.4, -0.2) is 16.9 Å². The van der Waals surface area contributed by atoms with E-state index in [0.29, 0.717) is 0 Å². The lowest BCUT2D eigenvalue weighted by Gasteiger charge is -2.16. The molecule has 0 saturated carbocycles. The zero-order valence-electron chi connectivity index (χ0n) is 11.9. The first-order valence-electron chi connectivity index (χ1n) is 6.68. The topological polar surface area (TPSA) is 69.6 Å². The van der Waals surface area contributed by atoms with Crippen molar-refractivity contribution in [3.8, 4) is 5.75 Å². The van der Waals surface area contributed by atoms with Crippen molar-refractivity contribution in [3.63, 3.8) is 0 Å². The van der Waals surface area contributed by atoms with Gasteiger partial charge in [-0.2, -0.15) is 0 Å². The molecule has 2 N–H and O–H groups in total. The number of carbonyl (C=O) groups excluding carboxylic acids is 2. The summed E-state index contributed by atoms with van der Waals surface area (Å²) in [4.78, 5) is 25.8. The molecule has 3 rings (SSSR count). The molecule has 122 valence electrons. The fourth-order valence-corrected chi connectivity index (χ4v) is 2.96. The predicted molar refractivity (Wildman–Crippen MR) is 93.6 cm³/mol. The van der Waals surface area contributed by atoms with Gasteiger partial charge in [-0.25, -0.2) is 4.90 Å². The van der Waals surface area contributed by atoms with Crippen LogP contribution in [0.25, 0.3) is 0 Å². The highest BCUT2D eigenvalue weighted by atomic mass is 35.5. The molecule has 0 aliphatic carbocycles. The number of amides is 2. The summed E-state index contributed by atoms with van der Waals surface area (Å²) in [5.74, 6) is -1.47. The Kier molecular flexibility index (Phi) is 4.41. The van der Waals surface area contributed by atoms with E-state index in [-0.39, 0.29) is 37.9 Å². The average molecular weight is 384 g/mol. The number of hydrogen-bond acceptors (Lipinski definition) is 4. The van der Waals surface area contributed by atoms with Gasteiger partial charge in [-0.1, -0.05) is 46.9 Å². The Morgan fingerprint density at radius 3 is 2.17 bits per heavy atom. The van der Waals surface area contributed by atoms with Gasteiger partial charge in [0.1, 0.15) is 16.5 Å². The number of hydrogen-bond donors (Lipinski definition) is 2. The summed E-state index contributed by atoms with van der Waals surface area (Å²) in [7, 11) is 0. The number of phenols is 1. The normalized spacial score (nSPS) is 14.5. The molecule has 0 atom stereocenters. The maximum atomic E-state index is 12.6. The second kappa shape index (κ2) is 6.36. The Morgan fingerprint density at radius 1 is 0.917 bits per heavy atom. The van der Waals surface area contributed by atoms with Crippen LogP contribution in [0.15, 0.2) is 53.2 Å². The largest absolute Gasteiger partial charge is 0.506 e. The van der Waals surface area contributed by atoms with E-state index in [1.165, 1.54) is 24.3 Å². The van der Waals surface area contributed by atoms with Crippen molar-refractivity contribution in [3.05, 3.63) is 63.2 Å². The van der Waals surface area contributed by atoms with Crippen LogP contribution in [0, 0.1) is 0 Å². The van der Waals surface area contributed by atoms with Crippen molar-refractivity contribution in [1.82, 2.24) is 0 Å². The maximum absolute atomic E-state index is 12.6. The number of aromatic hydroxyl groups is 1. The van der Waals surface area contributed by atoms with Crippen molar-refractivity contribution in [2.45, 2.75) is 0 Å². The first-order chi connectivity index (χ1) is 11.4. The summed E-state index contributed by atoms with van der Waals surface area (Å²) in [6.45, 7) is 0. The number of anilines is 2. The molecule has 0 spiro atoms. The van der Waals surface area contributed by atoms with E-state index in [0.717, 1.165) is 4.90 Å². The quantitative estimate of drug-likeness (QED) is 0.617. The lowest BCUT2D eigenvalue weighted by molar-refractivity contribution is -0.120. The Balaban J connectivity index is 1.97. The van der Waals surface area contributed by atoms with Crippen LogP contribution in [0.3, 0.4) is 0 Å². The fourth-order valence-electron chi connectivity index (χ4n) is 2.23. The highest BCUT2D eigenvalue weighted by molar-refractivity contribution is 6.53. The van der Waals surface area contributed by atoms with E-state index in [1.807, 2.05) is 0 Å². The maximum Gasteiger partial charge on any atom is 0.283 e. The van der Waals surface area contributed by atoms with Gasteiger partial charge in [-0.15, -0.1) is 0 Å². The third-order valence-electron chi connectivity index (χ3n) is 3.30. The molecule has 5 nitrogen and oxygen atoms in total. The molecular weight excluding hydrogens is 375 g/mol. The highest BCUT2D eigenvalue weighted by Gasteiger charge is 2.39. The van der Waals surface area contributed by atoms with Crippen LogP contribution in [0.1, 0.15) is 0 Å². The summed E-state index contributed by atoms with van der Waals surface area (Å²) in [5.41, 5.74) is 0.312. The number of nitrogens with one attached hydrogen (secondary N) is 1. The Morgan fingerprint density at radius 2 is 1.54 bits per heavy atom. The summed E-state index contributed by atoms with van der Waals surface area (Å²) in [5, 5.41) is 12.7. The molecule has 8 heteroatoms. The lowest BCUT2D eigenvalue weighted by atomic mass is 10.2. The average Bonchev–Trinajstić information content (AvgIpc) is 2.72. The first-order valence-corrected chi connectivity index (χ1v) is 7.81. The zero-order chi connectivity index (χ0) is 17.4. The van der Waals surface area contributed by atoms with Crippen molar-refractivity contribution in [2.75, 3.05) is 10.2 Å². The van der Waals surface area contributed by atoms with Crippen molar-refractivity contribution >= 4 is 58.0 Å². The van der Waals surface area contributed by atoms with Gasteiger partial charge in [-0.3, -0.25) is 9.59 Å². The molecule has 0 aromatic heterocycles. The lowest BCUT2D eigenvalue weighted by Crippen LogP contribution is -2.32. The van der Waals surface area contributed by atoms with Crippen molar-refractivity contribution < 1.29 is 14.7 Å². The molecule has 24 heavy (non-hydrogen) atoms.